The molecule has 30 heavy (non-hydrogen) atoms. The molecule has 0 saturated carbocycles. The molecule has 1 aliphatic rings. The molecule has 0 radical (unpaired) electrons. The lowest BCUT2D eigenvalue weighted by molar-refractivity contribution is 0.463. The number of hydrazone groups is 1. The molecular weight excluding hydrogens is 408 g/mol. The van der Waals surface area contributed by atoms with Crippen LogP contribution in [-0.2, 0) is 4.87 Å². The van der Waals surface area contributed by atoms with Gasteiger partial charge in [-0.1, -0.05) is 61.0 Å². The largest absolute Gasteiger partial charge is 0.407 e. The van der Waals surface area contributed by atoms with Crippen molar-refractivity contribution >= 4 is 22.8 Å². The maximum absolute atomic E-state index is 14.4. The fourth-order valence-corrected chi connectivity index (χ4v) is 4.35. The number of nitrogens with two attached hydrogens (primary N) is 1. The summed E-state index contributed by atoms with van der Waals surface area (Å²) in [6.07, 6.45) is 0.618. The van der Waals surface area contributed by atoms with Crippen LogP contribution in [0.15, 0.2) is 58.0 Å². The molecule has 2 heterocycles. The zero-order valence-electron chi connectivity index (χ0n) is 17.0. The molecule has 1 aliphatic heterocycles. The van der Waals surface area contributed by atoms with E-state index < -0.39 is 16.5 Å². The van der Waals surface area contributed by atoms with E-state index in [0.29, 0.717) is 17.4 Å². The van der Waals surface area contributed by atoms with Crippen LogP contribution in [0.3, 0.4) is 0 Å². The van der Waals surface area contributed by atoms with Crippen LogP contribution in [0.4, 0.5) is 14.8 Å². The molecule has 9 heteroatoms. The van der Waals surface area contributed by atoms with Gasteiger partial charge >= 0.3 is 6.01 Å². The van der Waals surface area contributed by atoms with E-state index in [4.69, 9.17) is 10.2 Å². The molecule has 0 aliphatic carbocycles. The summed E-state index contributed by atoms with van der Waals surface area (Å²) >= 11 is 1.34. The first kappa shape index (κ1) is 21.9. The van der Waals surface area contributed by atoms with Gasteiger partial charge in [0.15, 0.2) is 0 Å². The van der Waals surface area contributed by atoms with Crippen LogP contribution in [0.5, 0.6) is 0 Å². The highest BCUT2D eigenvalue weighted by molar-refractivity contribution is 8.15. The summed E-state index contributed by atoms with van der Waals surface area (Å²) in [7, 11) is 0. The van der Waals surface area contributed by atoms with E-state index in [2.05, 4.69) is 15.3 Å². The van der Waals surface area contributed by atoms with Crippen molar-refractivity contribution in [2.24, 2.45) is 10.8 Å². The molecule has 6 nitrogen and oxygen atoms in total. The van der Waals surface area contributed by atoms with Crippen molar-refractivity contribution in [1.82, 2.24) is 10.2 Å². The van der Waals surface area contributed by atoms with Crippen LogP contribution in [0, 0.1) is 18.6 Å². The van der Waals surface area contributed by atoms with E-state index >= 15 is 0 Å². The van der Waals surface area contributed by atoms with Crippen molar-refractivity contribution in [2.45, 2.75) is 32.1 Å². The van der Waals surface area contributed by atoms with E-state index in [1.807, 2.05) is 44.2 Å². The van der Waals surface area contributed by atoms with Crippen molar-refractivity contribution in [3.63, 3.8) is 0 Å². The summed E-state index contributed by atoms with van der Waals surface area (Å²) in [6, 6.07) is 13.2. The Morgan fingerprint density at radius 1 is 1.10 bits per heavy atom. The van der Waals surface area contributed by atoms with Crippen molar-refractivity contribution in [2.75, 3.05) is 11.6 Å². The van der Waals surface area contributed by atoms with Gasteiger partial charge < -0.3 is 10.2 Å². The fraction of sp³-hybridized carbons (Fsp3) is 0.286. The van der Waals surface area contributed by atoms with Gasteiger partial charge in [0.2, 0.25) is 5.89 Å². The van der Waals surface area contributed by atoms with E-state index in [1.165, 1.54) is 11.8 Å². The first-order chi connectivity index (χ1) is 14.4. The van der Waals surface area contributed by atoms with Crippen molar-refractivity contribution in [3.05, 3.63) is 77.2 Å². The molecule has 4 rings (SSSR count). The average Bonchev–Trinajstić information content (AvgIpc) is 3.35. The standard InChI is InChI=1S/C19H16F2N4OS.C2H7N/c1-3-19(13-7-5-4-6-8-13)25(18-23-22-12(2)26-18)24-17(27-19)15-11-14(20)9-10-16(15)21;1-2-3/h4-11H,3H2,1-2H3;2-3H2,1H3. The van der Waals surface area contributed by atoms with Gasteiger partial charge in [0.1, 0.15) is 21.5 Å². The van der Waals surface area contributed by atoms with Gasteiger partial charge in [-0.25, -0.2) is 8.78 Å². The zero-order chi connectivity index (χ0) is 21.7. The molecule has 3 aromatic rings. The minimum absolute atomic E-state index is 0.104. The monoisotopic (exact) mass is 431 g/mol. The summed E-state index contributed by atoms with van der Waals surface area (Å²) in [4.78, 5) is -0.714. The molecule has 0 spiro atoms. The van der Waals surface area contributed by atoms with Gasteiger partial charge in [-0.3, -0.25) is 0 Å². The molecule has 158 valence electrons. The van der Waals surface area contributed by atoms with Gasteiger partial charge in [-0.05, 0) is 36.7 Å². The topological polar surface area (TPSA) is 80.5 Å². The number of aromatic nitrogens is 2. The molecule has 1 aromatic heterocycles. The number of thioether (sulfide) groups is 1. The minimum Gasteiger partial charge on any atom is -0.407 e. The number of anilines is 1. The summed E-state index contributed by atoms with van der Waals surface area (Å²) in [5, 5.41) is 14.5. The maximum Gasteiger partial charge on any atom is 0.340 e. The number of aryl methyl sites for hydroxylation is 1. The highest BCUT2D eigenvalue weighted by Crippen LogP contribution is 2.51. The molecule has 0 bridgehead atoms. The molecule has 1 unspecified atom stereocenters. The van der Waals surface area contributed by atoms with Gasteiger partial charge in [-0.15, -0.1) is 5.10 Å². The van der Waals surface area contributed by atoms with E-state index in [9.17, 15) is 8.78 Å². The Labute approximate surface area is 178 Å². The molecule has 0 fully saturated rings. The Kier molecular flexibility index (Phi) is 6.84. The summed E-state index contributed by atoms with van der Waals surface area (Å²) in [5.74, 6) is -0.665. The van der Waals surface area contributed by atoms with Crippen molar-refractivity contribution in [3.8, 4) is 0 Å². The summed E-state index contributed by atoms with van der Waals surface area (Å²) < 4.78 is 33.7. The van der Waals surface area contributed by atoms with Crippen LogP contribution in [0.25, 0.3) is 0 Å². The Balaban J connectivity index is 0.000000806. The number of halogens is 2. The average molecular weight is 432 g/mol. The van der Waals surface area contributed by atoms with Crippen LogP contribution in [0.2, 0.25) is 0 Å². The third-order valence-electron chi connectivity index (χ3n) is 4.36. The van der Waals surface area contributed by atoms with Crippen LogP contribution < -0.4 is 10.7 Å². The Bertz CT molecular complexity index is 1030. The normalized spacial score (nSPS) is 18.1. The third kappa shape index (κ3) is 4.22. The lowest BCUT2D eigenvalue weighted by Gasteiger charge is -2.33. The second-order valence-electron chi connectivity index (χ2n) is 6.46. The number of nitrogens with zero attached hydrogens (tertiary/aromatic N) is 4. The van der Waals surface area contributed by atoms with Crippen LogP contribution >= 0.6 is 11.8 Å². The minimum atomic E-state index is -0.714. The first-order valence-electron chi connectivity index (χ1n) is 9.54. The number of hydrogen-bond acceptors (Lipinski definition) is 7. The fourth-order valence-electron chi connectivity index (χ4n) is 3.04. The highest BCUT2D eigenvalue weighted by Gasteiger charge is 2.47. The van der Waals surface area contributed by atoms with Gasteiger partial charge in [0.05, 0.1) is 0 Å². The van der Waals surface area contributed by atoms with Crippen molar-refractivity contribution < 1.29 is 13.2 Å². The number of hydrogen-bond donors (Lipinski definition) is 1. The Morgan fingerprint density at radius 3 is 2.40 bits per heavy atom. The van der Waals surface area contributed by atoms with Gasteiger partial charge in [-0.2, -0.15) is 10.1 Å². The highest BCUT2D eigenvalue weighted by atomic mass is 32.2. The lowest BCUT2D eigenvalue weighted by atomic mass is 10.0. The SMILES string of the molecule is CCC1(c2ccccc2)SC(c2cc(F)ccc2F)=NN1c1nnc(C)o1.CCN. The van der Waals surface area contributed by atoms with Crippen LogP contribution in [0.1, 0.15) is 37.3 Å². The zero-order valence-corrected chi connectivity index (χ0v) is 17.8. The Hall–Kier alpha value is -2.78. The molecular formula is C21H23F2N5OS. The van der Waals surface area contributed by atoms with Gasteiger partial charge in [0.25, 0.3) is 0 Å². The van der Waals surface area contributed by atoms with E-state index in [1.54, 1.807) is 11.9 Å². The van der Waals surface area contributed by atoms with Crippen LogP contribution in [-0.4, -0.2) is 21.8 Å². The molecule has 1 atom stereocenters. The van der Waals surface area contributed by atoms with E-state index in [-0.39, 0.29) is 11.6 Å². The third-order valence-corrected chi connectivity index (χ3v) is 5.89. The maximum atomic E-state index is 14.4. The summed E-state index contributed by atoms with van der Waals surface area (Å²) in [5.41, 5.74) is 5.90. The summed E-state index contributed by atoms with van der Waals surface area (Å²) in [6.45, 7) is 6.34. The quantitative estimate of drug-likeness (QED) is 0.639. The predicted octanol–water partition coefficient (Wildman–Crippen LogP) is 4.80. The molecule has 0 amide bonds. The van der Waals surface area contributed by atoms with E-state index in [0.717, 1.165) is 30.3 Å². The second kappa shape index (κ2) is 9.36. The van der Waals surface area contributed by atoms with Crippen molar-refractivity contribution in [1.29, 1.82) is 0 Å². The molecule has 2 aromatic carbocycles. The number of rotatable bonds is 4. The lowest BCUT2D eigenvalue weighted by Crippen LogP contribution is -2.37. The smallest absolute Gasteiger partial charge is 0.340 e. The van der Waals surface area contributed by atoms with Gasteiger partial charge in [0, 0.05) is 12.5 Å². The Morgan fingerprint density at radius 2 is 1.80 bits per heavy atom. The number of benzene rings is 2. The first-order valence-corrected chi connectivity index (χ1v) is 10.4. The predicted molar refractivity (Wildman–Crippen MR) is 115 cm³/mol. The molecule has 2 N–H and O–H groups in total. The second-order valence-corrected chi connectivity index (χ2v) is 7.73. The molecule has 0 saturated heterocycles.